The van der Waals surface area contributed by atoms with E-state index in [-0.39, 0.29) is 11.9 Å². The number of methoxy groups -OCH3 is 1. The van der Waals surface area contributed by atoms with Crippen molar-refractivity contribution in [2.24, 2.45) is 0 Å². The fraction of sp³-hybridized carbons (Fsp3) is 0.286. The van der Waals surface area contributed by atoms with Gasteiger partial charge in [0, 0.05) is 5.69 Å². The van der Waals surface area contributed by atoms with E-state index >= 15 is 0 Å². The van der Waals surface area contributed by atoms with E-state index in [0.717, 1.165) is 27.8 Å². The SMILES string of the molecule is CCc1ccc(C(C)NC(=O)CSc2nnc(Nc3ccc(OC)cc3)s2)cc1. The molecule has 0 spiro atoms. The molecule has 0 saturated carbocycles. The highest BCUT2D eigenvalue weighted by molar-refractivity contribution is 8.01. The number of rotatable bonds is 9. The minimum absolute atomic E-state index is 0.0260. The average molecular weight is 429 g/mol. The maximum absolute atomic E-state index is 12.3. The molecule has 0 radical (unpaired) electrons. The van der Waals surface area contributed by atoms with Gasteiger partial charge in [-0.15, -0.1) is 10.2 Å². The van der Waals surface area contributed by atoms with Crippen molar-refractivity contribution < 1.29 is 9.53 Å². The van der Waals surface area contributed by atoms with Crippen molar-refractivity contribution in [2.75, 3.05) is 18.2 Å². The van der Waals surface area contributed by atoms with Gasteiger partial charge in [0.25, 0.3) is 0 Å². The zero-order chi connectivity index (χ0) is 20.6. The van der Waals surface area contributed by atoms with Crippen molar-refractivity contribution in [1.82, 2.24) is 15.5 Å². The highest BCUT2D eigenvalue weighted by Crippen LogP contribution is 2.28. The van der Waals surface area contributed by atoms with Gasteiger partial charge in [-0.05, 0) is 48.7 Å². The number of carbonyl (C=O) groups is 1. The van der Waals surface area contributed by atoms with Crippen LogP contribution in [0.15, 0.2) is 52.9 Å². The first-order valence-corrected chi connectivity index (χ1v) is 11.1. The number of nitrogens with one attached hydrogen (secondary N) is 2. The molecule has 1 aromatic heterocycles. The highest BCUT2D eigenvalue weighted by atomic mass is 32.2. The number of anilines is 2. The zero-order valence-electron chi connectivity index (χ0n) is 16.6. The second kappa shape index (κ2) is 10.3. The molecular weight excluding hydrogens is 404 g/mol. The molecule has 1 amide bonds. The summed E-state index contributed by atoms with van der Waals surface area (Å²) in [4.78, 5) is 12.3. The molecule has 1 unspecified atom stereocenters. The van der Waals surface area contributed by atoms with E-state index in [9.17, 15) is 4.79 Å². The zero-order valence-corrected chi connectivity index (χ0v) is 18.3. The molecule has 0 bridgehead atoms. The minimum atomic E-state index is -0.0317. The van der Waals surface area contributed by atoms with Gasteiger partial charge in [0.1, 0.15) is 5.75 Å². The van der Waals surface area contributed by atoms with Gasteiger partial charge < -0.3 is 15.4 Å². The summed E-state index contributed by atoms with van der Waals surface area (Å²) in [5.74, 6) is 1.07. The topological polar surface area (TPSA) is 76.1 Å². The molecule has 29 heavy (non-hydrogen) atoms. The first-order chi connectivity index (χ1) is 14.1. The number of aromatic nitrogens is 2. The predicted octanol–water partition coefficient (Wildman–Crippen LogP) is 4.82. The number of hydrogen-bond acceptors (Lipinski definition) is 7. The standard InChI is InChI=1S/C21H24N4O2S2/c1-4-15-5-7-16(8-6-15)14(2)22-19(26)13-28-21-25-24-20(29-21)23-17-9-11-18(27-3)12-10-17/h5-12,14H,4,13H2,1-3H3,(H,22,26)(H,23,24). The van der Waals surface area contributed by atoms with Crippen molar-refractivity contribution >= 4 is 39.8 Å². The van der Waals surface area contributed by atoms with E-state index in [1.165, 1.54) is 28.7 Å². The minimum Gasteiger partial charge on any atom is -0.497 e. The molecule has 152 valence electrons. The Balaban J connectivity index is 1.47. The van der Waals surface area contributed by atoms with Crippen LogP contribution < -0.4 is 15.4 Å². The van der Waals surface area contributed by atoms with Crippen LogP contribution in [0.3, 0.4) is 0 Å². The van der Waals surface area contributed by atoms with Crippen molar-refractivity contribution in [1.29, 1.82) is 0 Å². The Kier molecular flexibility index (Phi) is 7.48. The van der Waals surface area contributed by atoms with Gasteiger partial charge in [-0.1, -0.05) is 54.3 Å². The maximum Gasteiger partial charge on any atom is 0.230 e. The van der Waals surface area contributed by atoms with Crippen molar-refractivity contribution in [3.63, 3.8) is 0 Å². The molecular formula is C21H24N4O2S2. The third kappa shape index (κ3) is 6.20. The molecule has 0 aliphatic rings. The predicted molar refractivity (Wildman–Crippen MR) is 119 cm³/mol. The molecule has 1 atom stereocenters. The van der Waals surface area contributed by atoms with Crippen LogP contribution in [0.4, 0.5) is 10.8 Å². The van der Waals surface area contributed by atoms with Gasteiger partial charge >= 0.3 is 0 Å². The lowest BCUT2D eigenvalue weighted by Gasteiger charge is -2.14. The number of amides is 1. The molecule has 8 heteroatoms. The fourth-order valence-corrected chi connectivity index (χ4v) is 4.24. The number of benzene rings is 2. The number of thioether (sulfide) groups is 1. The van der Waals surface area contributed by atoms with Crippen molar-refractivity contribution in [3.8, 4) is 5.75 Å². The summed E-state index contributed by atoms with van der Waals surface area (Å²) in [7, 11) is 1.63. The summed E-state index contributed by atoms with van der Waals surface area (Å²) in [6.07, 6.45) is 1.01. The molecule has 1 heterocycles. The molecule has 6 nitrogen and oxygen atoms in total. The Hall–Kier alpha value is -2.58. The average Bonchev–Trinajstić information content (AvgIpc) is 3.20. The summed E-state index contributed by atoms with van der Waals surface area (Å²) >= 11 is 2.80. The van der Waals surface area contributed by atoms with Crippen LogP contribution >= 0.6 is 23.1 Å². The van der Waals surface area contributed by atoms with Crippen LogP contribution in [-0.2, 0) is 11.2 Å². The third-order valence-corrected chi connectivity index (χ3v) is 6.31. The fourth-order valence-electron chi connectivity index (χ4n) is 2.65. The molecule has 2 N–H and O–H groups in total. The lowest BCUT2D eigenvalue weighted by atomic mass is 10.1. The van der Waals surface area contributed by atoms with Crippen LogP contribution in [0.1, 0.15) is 31.0 Å². The monoisotopic (exact) mass is 428 g/mol. The molecule has 0 aliphatic carbocycles. The summed E-state index contributed by atoms with van der Waals surface area (Å²) in [6.45, 7) is 4.12. The molecule has 0 aliphatic heterocycles. The quantitative estimate of drug-likeness (QED) is 0.476. The Bertz CT molecular complexity index is 927. The number of hydrogen-bond donors (Lipinski definition) is 2. The van der Waals surface area contributed by atoms with Gasteiger partial charge in [-0.2, -0.15) is 0 Å². The third-order valence-electron chi connectivity index (χ3n) is 4.34. The first-order valence-electron chi connectivity index (χ1n) is 9.33. The van der Waals surface area contributed by atoms with E-state index in [1.807, 2.05) is 31.2 Å². The van der Waals surface area contributed by atoms with Crippen LogP contribution in [0.2, 0.25) is 0 Å². The molecule has 3 rings (SSSR count). The van der Waals surface area contributed by atoms with Gasteiger partial charge in [-0.3, -0.25) is 4.79 Å². The van der Waals surface area contributed by atoms with Crippen LogP contribution in [0.5, 0.6) is 5.75 Å². The smallest absolute Gasteiger partial charge is 0.230 e. The summed E-state index contributed by atoms with van der Waals surface area (Å²) in [5.41, 5.74) is 3.29. The molecule has 2 aromatic carbocycles. The van der Waals surface area contributed by atoms with Crippen molar-refractivity contribution in [3.05, 3.63) is 59.7 Å². The first kappa shape index (κ1) is 21.1. The van der Waals surface area contributed by atoms with E-state index in [4.69, 9.17) is 4.74 Å². The summed E-state index contributed by atoms with van der Waals surface area (Å²) in [5, 5.41) is 15.2. The highest BCUT2D eigenvalue weighted by Gasteiger charge is 2.12. The molecule has 0 fully saturated rings. The second-order valence-electron chi connectivity index (χ2n) is 6.40. The number of aryl methyl sites for hydroxylation is 1. The van der Waals surface area contributed by atoms with Gasteiger partial charge in [0.2, 0.25) is 11.0 Å². The Morgan fingerprint density at radius 1 is 1.14 bits per heavy atom. The lowest BCUT2D eigenvalue weighted by molar-refractivity contribution is -0.119. The summed E-state index contributed by atoms with van der Waals surface area (Å²) < 4.78 is 5.90. The van der Waals surface area contributed by atoms with Crippen LogP contribution in [-0.4, -0.2) is 29.0 Å². The number of ether oxygens (including phenoxy) is 1. The van der Waals surface area contributed by atoms with Crippen LogP contribution in [0.25, 0.3) is 0 Å². The van der Waals surface area contributed by atoms with E-state index in [0.29, 0.717) is 10.9 Å². The second-order valence-corrected chi connectivity index (χ2v) is 8.60. The van der Waals surface area contributed by atoms with Crippen LogP contribution in [0, 0.1) is 0 Å². The Labute approximate surface area is 179 Å². The summed E-state index contributed by atoms with van der Waals surface area (Å²) in [6, 6.07) is 15.9. The van der Waals surface area contributed by atoms with E-state index in [2.05, 4.69) is 52.0 Å². The van der Waals surface area contributed by atoms with Crippen molar-refractivity contribution in [2.45, 2.75) is 30.6 Å². The normalized spacial score (nSPS) is 11.7. The lowest BCUT2D eigenvalue weighted by Crippen LogP contribution is -2.28. The van der Waals surface area contributed by atoms with E-state index < -0.39 is 0 Å². The van der Waals surface area contributed by atoms with E-state index in [1.54, 1.807) is 7.11 Å². The number of carbonyl (C=O) groups excluding carboxylic acids is 1. The maximum atomic E-state index is 12.3. The molecule has 3 aromatic rings. The van der Waals surface area contributed by atoms with Gasteiger partial charge in [0.15, 0.2) is 4.34 Å². The van der Waals surface area contributed by atoms with Gasteiger partial charge in [0.05, 0.1) is 18.9 Å². The van der Waals surface area contributed by atoms with Gasteiger partial charge in [-0.25, -0.2) is 0 Å². The Morgan fingerprint density at radius 3 is 2.52 bits per heavy atom. The Morgan fingerprint density at radius 2 is 1.86 bits per heavy atom. The molecule has 0 saturated heterocycles. The largest absolute Gasteiger partial charge is 0.497 e. The number of nitrogens with zero attached hydrogens (tertiary/aromatic N) is 2.